The van der Waals surface area contributed by atoms with Crippen LogP contribution in [0.3, 0.4) is 0 Å². The van der Waals surface area contributed by atoms with Crippen LogP contribution in [0.4, 0.5) is 4.39 Å². The first-order valence-corrected chi connectivity index (χ1v) is 9.83. The van der Waals surface area contributed by atoms with Gasteiger partial charge in [0.1, 0.15) is 5.82 Å². The van der Waals surface area contributed by atoms with Crippen LogP contribution in [0, 0.1) is 5.82 Å². The van der Waals surface area contributed by atoms with Crippen molar-refractivity contribution >= 4 is 39.8 Å². The van der Waals surface area contributed by atoms with Crippen LogP contribution in [0.2, 0.25) is 0 Å². The molecule has 0 saturated heterocycles. The van der Waals surface area contributed by atoms with Gasteiger partial charge in [0, 0.05) is 19.3 Å². The van der Waals surface area contributed by atoms with E-state index < -0.39 is 9.84 Å². The quantitative estimate of drug-likeness (QED) is 0.370. The van der Waals surface area contributed by atoms with Gasteiger partial charge in [-0.3, -0.25) is 0 Å². The molecule has 0 aliphatic carbocycles. The summed E-state index contributed by atoms with van der Waals surface area (Å²) in [4.78, 5) is 4.72. The Balaban J connectivity index is 0.00000338. The molecule has 0 bridgehead atoms. The summed E-state index contributed by atoms with van der Waals surface area (Å²) < 4.78 is 36.1. The number of nitrogens with zero attached hydrogens (tertiary/aromatic N) is 1. The van der Waals surface area contributed by atoms with E-state index in [0.717, 1.165) is 11.1 Å². The van der Waals surface area contributed by atoms with Crippen LogP contribution in [0.15, 0.2) is 58.4 Å². The molecule has 0 heterocycles. The molecule has 0 amide bonds. The highest BCUT2D eigenvalue weighted by molar-refractivity contribution is 14.0. The fourth-order valence-electron chi connectivity index (χ4n) is 2.19. The van der Waals surface area contributed by atoms with Crippen molar-refractivity contribution in [2.45, 2.75) is 24.9 Å². The molecule has 2 aromatic rings. The Hall–Kier alpha value is -1.68. The number of hydrogen-bond donors (Lipinski definition) is 2. The predicted molar refractivity (Wildman–Crippen MR) is 113 cm³/mol. The van der Waals surface area contributed by atoms with E-state index in [1.54, 1.807) is 30.3 Å². The fourth-order valence-corrected chi connectivity index (χ4v) is 2.82. The molecule has 8 heteroatoms. The first-order valence-electron chi connectivity index (χ1n) is 7.94. The maximum Gasteiger partial charge on any atom is 0.191 e. The Morgan fingerprint density at radius 2 is 1.77 bits per heavy atom. The molecule has 0 radical (unpaired) electrons. The summed E-state index contributed by atoms with van der Waals surface area (Å²) in [5.74, 6) is 0.329. The molecule has 0 saturated carbocycles. The first kappa shape index (κ1) is 22.4. The summed E-state index contributed by atoms with van der Waals surface area (Å²) in [6.07, 6.45) is 1.18. The van der Waals surface area contributed by atoms with Crippen molar-refractivity contribution in [1.29, 1.82) is 0 Å². The van der Waals surface area contributed by atoms with Crippen molar-refractivity contribution in [1.82, 2.24) is 10.6 Å². The minimum absolute atomic E-state index is 0. The van der Waals surface area contributed by atoms with Gasteiger partial charge in [0.05, 0.1) is 11.4 Å². The SMILES string of the molecule is CCNC(=NCc1cccc(F)c1)NCc1ccc(S(C)(=O)=O)cc1.I. The second-order valence-electron chi connectivity index (χ2n) is 5.59. The normalized spacial score (nSPS) is 11.6. The number of aliphatic imine (C=N–C) groups is 1. The molecule has 0 aromatic heterocycles. The van der Waals surface area contributed by atoms with Gasteiger partial charge < -0.3 is 10.6 Å². The number of hydrogen-bond acceptors (Lipinski definition) is 3. The van der Waals surface area contributed by atoms with E-state index in [2.05, 4.69) is 15.6 Å². The van der Waals surface area contributed by atoms with Crippen molar-refractivity contribution in [3.8, 4) is 0 Å². The molecule has 0 fully saturated rings. The number of nitrogens with one attached hydrogen (secondary N) is 2. The molecule has 5 nitrogen and oxygen atoms in total. The topological polar surface area (TPSA) is 70.6 Å². The third-order valence-electron chi connectivity index (χ3n) is 3.46. The van der Waals surface area contributed by atoms with Gasteiger partial charge in [-0.25, -0.2) is 17.8 Å². The zero-order chi connectivity index (χ0) is 18.3. The van der Waals surface area contributed by atoms with Gasteiger partial charge in [-0.2, -0.15) is 0 Å². The zero-order valence-corrected chi connectivity index (χ0v) is 17.8. The van der Waals surface area contributed by atoms with Crippen LogP contribution < -0.4 is 10.6 Å². The van der Waals surface area contributed by atoms with Crippen molar-refractivity contribution in [2.24, 2.45) is 4.99 Å². The predicted octanol–water partition coefficient (Wildman–Crippen LogP) is 3.10. The minimum atomic E-state index is -3.19. The summed E-state index contributed by atoms with van der Waals surface area (Å²) in [6.45, 7) is 3.52. The van der Waals surface area contributed by atoms with Crippen molar-refractivity contribution < 1.29 is 12.8 Å². The Bertz CT molecular complexity index is 840. The molecular formula is C18H23FIN3O2S. The van der Waals surface area contributed by atoms with Crippen LogP contribution in [0.25, 0.3) is 0 Å². The molecule has 2 rings (SSSR count). The molecular weight excluding hydrogens is 468 g/mol. The summed E-state index contributed by atoms with van der Waals surface area (Å²) in [7, 11) is -3.19. The third kappa shape index (κ3) is 7.28. The Morgan fingerprint density at radius 1 is 1.08 bits per heavy atom. The van der Waals surface area contributed by atoms with E-state index >= 15 is 0 Å². The third-order valence-corrected chi connectivity index (χ3v) is 4.59. The van der Waals surface area contributed by atoms with Crippen LogP contribution in [-0.4, -0.2) is 27.2 Å². The minimum Gasteiger partial charge on any atom is -0.357 e. The van der Waals surface area contributed by atoms with Gasteiger partial charge in [-0.1, -0.05) is 24.3 Å². The molecule has 2 N–H and O–H groups in total. The lowest BCUT2D eigenvalue weighted by molar-refractivity contribution is 0.602. The van der Waals surface area contributed by atoms with Gasteiger partial charge in [-0.05, 0) is 42.3 Å². The van der Waals surface area contributed by atoms with E-state index in [1.807, 2.05) is 13.0 Å². The smallest absolute Gasteiger partial charge is 0.191 e. The van der Waals surface area contributed by atoms with Crippen molar-refractivity contribution in [3.05, 3.63) is 65.5 Å². The van der Waals surface area contributed by atoms with E-state index in [0.29, 0.717) is 30.5 Å². The van der Waals surface area contributed by atoms with Crippen molar-refractivity contribution in [3.63, 3.8) is 0 Å². The van der Waals surface area contributed by atoms with Crippen molar-refractivity contribution in [2.75, 3.05) is 12.8 Å². The van der Waals surface area contributed by atoms with E-state index in [-0.39, 0.29) is 29.8 Å². The van der Waals surface area contributed by atoms with Gasteiger partial charge in [0.15, 0.2) is 15.8 Å². The largest absolute Gasteiger partial charge is 0.357 e. The number of halogens is 2. The van der Waals surface area contributed by atoms with Crippen LogP contribution in [0.1, 0.15) is 18.1 Å². The number of guanidine groups is 1. The number of rotatable bonds is 6. The average Bonchev–Trinajstić information content (AvgIpc) is 2.57. The van der Waals surface area contributed by atoms with Gasteiger partial charge in [-0.15, -0.1) is 24.0 Å². The molecule has 142 valence electrons. The van der Waals surface area contributed by atoms with E-state index in [4.69, 9.17) is 0 Å². The summed E-state index contributed by atoms with van der Waals surface area (Å²) in [6, 6.07) is 13.0. The second kappa shape index (κ2) is 10.5. The molecule has 0 unspecified atom stereocenters. The molecule has 0 spiro atoms. The summed E-state index contributed by atoms with van der Waals surface area (Å²) in [5.41, 5.74) is 1.72. The maximum absolute atomic E-state index is 13.2. The molecule has 0 atom stereocenters. The van der Waals surface area contributed by atoms with Crippen LogP contribution in [-0.2, 0) is 22.9 Å². The van der Waals surface area contributed by atoms with Gasteiger partial charge >= 0.3 is 0 Å². The van der Waals surface area contributed by atoms with E-state index in [9.17, 15) is 12.8 Å². The summed E-state index contributed by atoms with van der Waals surface area (Å²) >= 11 is 0. The fraction of sp³-hybridized carbons (Fsp3) is 0.278. The lowest BCUT2D eigenvalue weighted by Crippen LogP contribution is -2.36. The van der Waals surface area contributed by atoms with Crippen LogP contribution >= 0.6 is 24.0 Å². The molecule has 0 aliphatic rings. The van der Waals surface area contributed by atoms with E-state index in [1.165, 1.54) is 18.4 Å². The highest BCUT2D eigenvalue weighted by Crippen LogP contribution is 2.10. The number of benzene rings is 2. The average molecular weight is 491 g/mol. The Kier molecular flexibility index (Phi) is 9.00. The maximum atomic E-state index is 13.2. The molecule has 2 aromatic carbocycles. The highest BCUT2D eigenvalue weighted by atomic mass is 127. The molecule has 26 heavy (non-hydrogen) atoms. The molecule has 0 aliphatic heterocycles. The first-order chi connectivity index (χ1) is 11.9. The summed E-state index contributed by atoms with van der Waals surface area (Å²) in [5, 5.41) is 6.30. The standard InChI is InChI=1S/C18H22FN3O2S.HI/c1-3-20-18(22-13-15-5-4-6-16(19)11-15)21-12-14-7-9-17(10-8-14)25(2,23)24;/h4-11H,3,12-13H2,1-2H3,(H2,20,21,22);1H. The monoisotopic (exact) mass is 491 g/mol. The number of sulfone groups is 1. The van der Waals surface area contributed by atoms with Gasteiger partial charge in [0.25, 0.3) is 0 Å². The van der Waals surface area contributed by atoms with Crippen LogP contribution in [0.5, 0.6) is 0 Å². The Morgan fingerprint density at radius 3 is 2.35 bits per heavy atom. The lowest BCUT2D eigenvalue weighted by Gasteiger charge is -2.11. The van der Waals surface area contributed by atoms with Gasteiger partial charge in [0.2, 0.25) is 0 Å². The second-order valence-corrected chi connectivity index (χ2v) is 7.61. The lowest BCUT2D eigenvalue weighted by atomic mass is 10.2. The zero-order valence-electron chi connectivity index (χ0n) is 14.7. The highest BCUT2D eigenvalue weighted by Gasteiger charge is 2.06. The Labute approximate surface area is 171 Å².